The van der Waals surface area contributed by atoms with Gasteiger partial charge in [-0.05, 0) is 13.0 Å². The zero-order valence-corrected chi connectivity index (χ0v) is 12.6. The van der Waals surface area contributed by atoms with Crippen molar-refractivity contribution in [2.24, 2.45) is 7.05 Å². The molecule has 0 aliphatic carbocycles. The lowest BCUT2D eigenvalue weighted by Crippen LogP contribution is -2.28. The van der Waals surface area contributed by atoms with Gasteiger partial charge in [0.1, 0.15) is 0 Å². The fourth-order valence-corrected chi connectivity index (χ4v) is 2.05. The number of hydrogen-bond donors (Lipinski definition) is 0. The van der Waals surface area contributed by atoms with Crippen molar-refractivity contribution in [2.45, 2.75) is 26.4 Å². The molecule has 0 aliphatic heterocycles. The Hall–Kier alpha value is -1.82. The first-order valence-corrected chi connectivity index (χ1v) is 6.75. The van der Waals surface area contributed by atoms with Gasteiger partial charge in [0.05, 0.1) is 23.0 Å². The number of rotatable bonds is 5. The van der Waals surface area contributed by atoms with Gasteiger partial charge in [-0.15, -0.1) is 0 Å². The summed E-state index contributed by atoms with van der Waals surface area (Å²) in [6, 6.07) is 1.90. The van der Waals surface area contributed by atoms with E-state index in [1.165, 1.54) is 0 Å². The van der Waals surface area contributed by atoms with Crippen LogP contribution < -0.4 is 0 Å². The first kappa shape index (κ1) is 14.6. The third-order valence-electron chi connectivity index (χ3n) is 3.19. The molecular formula is C13H18ClN5O. The number of amides is 1. The van der Waals surface area contributed by atoms with E-state index in [2.05, 4.69) is 10.2 Å². The van der Waals surface area contributed by atoms with Gasteiger partial charge in [0.15, 0.2) is 0 Å². The monoisotopic (exact) mass is 295 g/mol. The van der Waals surface area contributed by atoms with Crippen molar-refractivity contribution in [1.29, 1.82) is 0 Å². The summed E-state index contributed by atoms with van der Waals surface area (Å²) in [6.45, 7) is 2.92. The molecule has 6 nitrogen and oxygen atoms in total. The molecule has 0 spiro atoms. The topological polar surface area (TPSA) is 56.0 Å². The first-order chi connectivity index (χ1) is 9.47. The molecule has 0 radical (unpaired) electrons. The van der Waals surface area contributed by atoms with Gasteiger partial charge >= 0.3 is 0 Å². The van der Waals surface area contributed by atoms with Crippen LogP contribution in [0.15, 0.2) is 18.5 Å². The van der Waals surface area contributed by atoms with E-state index in [4.69, 9.17) is 11.6 Å². The predicted octanol–water partition coefficient (Wildman–Crippen LogP) is 1.63. The minimum Gasteiger partial charge on any atom is -0.340 e. The average molecular weight is 296 g/mol. The average Bonchev–Trinajstić information content (AvgIpc) is 2.94. The summed E-state index contributed by atoms with van der Waals surface area (Å²) in [4.78, 5) is 13.8. The molecule has 0 saturated heterocycles. The lowest BCUT2D eigenvalue weighted by atomic mass is 10.3. The minimum absolute atomic E-state index is 0.0653. The highest BCUT2D eigenvalue weighted by atomic mass is 35.5. The van der Waals surface area contributed by atoms with E-state index in [9.17, 15) is 4.79 Å². The van der Waals surface area contributed by atoms with Gasteiger partial charge in [0, 0.05) is 39.5 Å². The molecule has 0 aromatic carbocycles. The van der Waals surface area contributed by atoms with Crippen molar-refractivity contribution in [3.05, 3.63) is 34.9 Å². The van der Waals surface area contributed by atoms with E-state index in [0.29, 0.717) is 24.5 Å². The summed E-state index contributed by atoms with van der Waals surface area (Å²) >= 11 is 5.93. The van der Waals surface area contributed by atoms with E-state index < -0.39 is 0 Å². The molecule has 7 heteroatoms. The Morgan fingerprint density at radius 2 is 2.25 bits per heavy atom. The lowest BCUT2D eigenvalue weighted by molar-refractivity contribution is -0.130. The molecule has 0 fully saturated rings. The van der Waals surface area contributed by atoms with Gasteiger partial charge in [0.2, 0.25) is 5.91 Å². The predicted molar refractivity (Wildman–Crippen MR) is 76.3 cm³/mol. The Kier molecular flexibility index (Phi) is 4.44. The van der Waals surface area contributed by atoms with Gasteiger partial charge in [-0.25, -0.2) is 0 Å². The van der Waals surface area contributed by atoms with Crippen LogP contribution in [0.2, 0.25) is 5.02 Å². The molecule has 2 rings (SSSR count). The standard InChI is InChI=1S/C13H18ClN5O/c1-10-12(14)9-19(16-10)7-5-13(20)17(2)8-11-4-6-15-18(11)3/h4,6,9H,5,7-8H2,1-3H3. The highest BCUT2D eigenvalue weighted by Gasteiger charge is 2.12. The van der Waals surface area contributed by atoms with E-state index in [-0.39, 0.29) is 5.91 Å². The van der Waals surface area contributed by atoms with Gasteiger partial charge in [-0.3, -0.25) is 14.2 Å². The second-order valence-electron chi connectivity index (χ2n) is 4.77. The Morgan fingerprint density at radius 3 is 2.80 bits per heavy atom. The molecule has 0 unspecified atom stereocenters. The molecule has 2 aromatic rings. The maximum atomic E-state index is 12.1. The molecule has 20 heavy (non-hydrogen) atoms. The maximum Gasteiger partial charge on any atom is 0.224 e. The van der Waals surface area contributed by atoms with Crippen molar-refractivity contribution in [2.75, 3.05) is 7.05 Å². The van der Waals surface area contributed by atoms with Gasteiger partial charge < -0.3 is 4.90 Å². The highest BCUT2D eigenvalue weighted by molar-refractivity contribution is 6.31. The molecule has 1 amide bonds. The van der Waals surface area contributed by atoms with E-state index in [1.54, 1.807) is 33.7 Å². The normalized spacial score (nSPS) is 10.8. The van der Waals surface area contributed by atoms with Crippen LogP contribution >= 0.6 is 11.6 Å². The molecule has 0 saturated carbocycles. The summed E-state index contributed by atoms with van der Waals surface area (Å²) in [6.07, 6.45) is 3.86. The highest BCUT2D eigenvalue weighted by Crippen LogP contribution is 2.12. The fraction of sp³-hybridized carbons (Fsp3) is 0.462. The number of nitrogens with zero attached hydrogens (tertiary/aromatic N) is 5. The summed E-state index contributed by atoms with van der Waals surface area (Å²) in [7, 11) is 3.65. The Bertz CT molecular complexity index is 584. The molecule has 0 bridgehead atoms. The zero-order valence-electron chi connectivity index (χ0n) is 11.9. The molecule has 0 aliphatic rings. The number of hydrogen-bond acceptors (Lipinski definition) is 3. The smallest absolute Gasteiger partial charge is 0.224 e. The first-order valence-electron chi connectivity index (χ1n) is 6.37. The van der Waals surface area contributed by atoms with Crippen LogP contribution in [0.5, 0.6) is 0 Å². The van der Waals surface area contributed by atoms with Crippen LogP contribution in [0.4, 0.5) is 0 Å². The van der Waals surface area contributed by atoms with Crippen molar-refractivity contribution < 1.29 is 4.79 Å². The fourth-order valence-electron chi connectivity index (χ4n) is 1.90. The third-order valence-corrected chi connectivity index (χ3v) is 3.56. The second-order valence-corrected chi connectivity index (χ2v) is 5.18. The maximum absolute atomic E-state index is 12.1. The van der Waals surface area contributed by atoms with Crippen molar-refractivity contribution >= 4 is 17.5 Å². The van der Waals surface area contributed by atoms with Crippen LogP contribution in [0.25, 0.3) is 0 Å². The molecule has 0 N–H and O–H groups in total. The van der Waals surface area contributed by atoms with E-state index >= 15 is 0 Å². The Morgan fingerprint density at radius 1 is 1.50 bits per heavy atom. The van der Waals surface area contributed by atoms with Crippen molar-refractivity contribution in [3.8, 4) is 0 Å². The van der Waals surface area contributed by atoms with E-state index in [1.807, 2.05) is 20.0 Å². The zero-order chi connectivity index (χ0) is 14.7. The number of aryl methyl sites for hydroxylation is 3. The summed E-state index contributed by atoms with van der Waals surface area (Å²) < 4.78 is 3.47. The minimum atomic E-state index is 0.0653. The van der Waals surface area contributed by atoms with E-state index in [0.717, 1.165) is 11.4 Å². The number of carbonyl (C=O) groups excluding carboxylic acids is 1. The van der Waals surface area contributed by atoms with Gasteiger partial charge in [-0.2, -0.15) is 10.2 Å². The van der Waals surface area contributed by atoms with Gasteiger partial charge in [-0.1, -0.05) is 11.6 Å². The van der Waals surface area contributed by atoms with Gasteiger partial charge in [0.25, 0.3) is 0 Å². The summed E-state index contributed by atoms with van der Waals surface area (Å²) in [5.74, 6) is 0.0653. The lowest BCUT2D eigenvalue weighted by Gasteiger charge is -2.17. The number of aromatic nitrogens is 4. The summed E-state index contributed by atoms with van der Waals surface area (Å²) in [5, 5.41) is 8.94. The van der Waals surface area contributed by atoms with Crippen LogP contribution in [-0.2, 0) is 24.9 Å². The molecule has 108 valence electrons. The van der Waals surface area contributed by atoms with Crippen molar-refractivity contribution in [3.63, 3.8) is 0 Å². The largest absolute Gasteiger partial charge is 0.340 e. The number of carbonyl (C=O) groups is 1. The molecular weight excluding hydrogens is 278 g/mol. The Labute approximate surface area is 122 Å². The van der Waals surface area contributed by atoms with Crippen LogP contribution in [0.3, 0.4) is 0 Å². The quantitative estimate of drug-likeness (QED) is 0.842. The van der Waals surface area contributed by atoms with Crippen LogP contribution in [0, 0.1) is 6.92 Å². The molecule has 0 atom stereocenters. The van der Waals surface area contributed by atoms with Crippen molar-refractivity contribution in [1.82, 2.24) is 24.5 Å². The van der Waals surface area contributed by atoms with Crippen LogP contribution in [-0.4, -0.2) is 37.4 Å². The Balaban J connectivity index is 1.86. The number of halogens is 1. The second kappa shape index (κ2) is 6.09. The SMILES string of the molecule is Cc1nn(CCC(=O)N(C)Cc2ccnn2C)cc1Cl. The summed E-state index contributed by atoms with van der Waals surface area (Å²) in [5.41, 5.74) is 1.78. The molecule has 2 aromatic heterocycles. The van der Waals surface area contributed by atoms with Crippen LogP contribution in [0.1, 0.15) is 17.8 Å². The molecule has 2 heterocycles. The third kappa shape index (κ3) is 3.39.